The first-order valence-electron chi connectivity index (χ1n) is 10.3. The smallest absolute Gasteiger partial charge is 0.328 e. The Morgan fingerprint density at radius 1 is 1.03 bits per heavy atom. The minimum Gasteiger partial charge on any atom is -0.478 e. The number of nitro groups is 1. The number of likely N-dealkylation sites (tertiary alicyclic amines) is 1. The number of piperidine rings is 1. The minimum atomic E-state index is -1.26. The molecule has 1 saturated heterocycles. The van der Waals surface area contributed by atoms with Crippen LogP contribution in [0.3, 0.4) is 0 Å². The van der Waals surface area contributed by atoms with E-state index in [0.717, 1.165) is 42.5 Å². The molecule has 0 spiro atoms. The number of nitrogens with zero attached hydrogens (tertiary/aromatic N) is 4. The predicted molar refractivity (Wildman–Crippen MR) is 122 cm³/mol. The second-order valence-electron chi connectivity index (χ2n) is 7.65. The Bertz CT molecular complexity index is 1180. The van der Waals surface area contributed by atoms with Crippen molar-refractivity contribution in [3.8, 4) is 5.69 Å². The van der Waals surface area contributed by atoms with E-state index in [2.05, 4.69) is 18.0 Å². The maximum absolute atomic E-state index is 11.4. The van der Waals surface area contributed by atoms with Crippen LogP contribution < -0.4 is 0 Å². The highest BCUT2D eigenvalue weighted by atomic mass is 16.6. The highest BCUT2D eigenvalue weighted by molar-refractivity contribution is 5.89. The number of carboxylic acid groups (broad SMARTS) is 2. The molecule has 172 valence electrons. The number of nitro benzene ring substituents is 1. The number of benzene rings is 2. The summed E-state index contributed by atoms with van der Waals surface area (Å²) in [5.41, 5.74) is 2.57. The van der Waals surface area contributed by atoms with Gasteiger partial charge in [-0.2, -0.15) is 5.10 Å². The third kappa shape index (κ3) is 5.80. The number of aromatic nitrogens is 2. The van der Waals surface area contributed by atoms with Crippen LogP contribution in [0, 0.1) is 10.1 Å². The Kier molecular flexibility index (Phi) is 7.52. The van der Waals surface area contributed by atoms with Gasteiger partial charge in [-0.3, -0.25) is 10.1 Å². The Morgan fingerprint density at radius 3 is 2.21 bits per heavy atom. The molecule has 0 unspecified atom stereocenters. The fraction of sp³-hybridized carbons (Fsp3) is 0.261. The fourth-order valence-corrected chi connectivity index (χ4v) is 3.80. The molecule has 1 fully saturated rings. The summed E-state index contributed by atoms with van der Waals surface area (Å²) in [4.78, 5) is 32.5. The summed E-state index contributed by atoms with van der Waals surface area (Å²) in [7, 11) is 2.14. The summed E-state index contributed by atoms with van der Waals surface area (Å²) >= 11 is 0. The molecule has 0 atom stereocenters. The third-order valence-corrected chi connectivity index (χ3v) is 5.40. The monoisotopic (exact) mass is 452 g/mol. The molecule has 1 aromatic heterocycles. The number of rotatable bonds is 5. The van der Waals surface area contributed by atoms with Crippen LogP contribution >= 0.6 is 0 Å². The Labute approximate surface area is 189 Å². The van der Waals surface area contributed by atoms with Gasteiger partial charge in [-0.05, 0) is 45.1 Å². The van der Waals surface area contributed by atoms with Crippen molar-refractivity contribution in [2.75, 3.05) is 20.1 Å². The number of carboxylic acids is 2. The number of para-hydroxylation sites is 3. The van der Waals surface area contributed by atoms with E-state index in [1.807, 2.05) is 24.3 Å². The van der Waals surface area contributed by atoms with E-state index in [4.69, 9.17) is 15.3 Å². The maximum Gasteiger partial charge on any atom is 0.328 e. The van der Waals surface area contributed by atoms with Crippen molar-refractivity contribution >= 4 is 28.5 Å². The molecule has 1 aliphatic rings. The number of fused-ring (bicyclic) bond motifs is 1. The van der Waals surface area contributed by atoms with E-state index < -0.39 is 11.9 Å². The van der Waals surface area contributed by atoms with Crippen LogP contribution in [0.1, 0.15) is 24.5 Å². The highest BCUT2D eigenvalue weighted by Gasteiger charge is 2.25. The molecule has 0 bridgehead atoms. The van der Waals surface area contributed by atoms with Gasteiger partial charge < -0.3 is 15.1 Å². The summed E-state index contributed by atoms with van der Waals surface area (Å²) in [6, 6.07) is 14.8. The van der Waals surface area contributed by atoms with Crippen molar-refractivity contribution in [3.63, 3.8) is 0 Å². The zero-order valence-electron chi connectivity index (χ0n) is 18.0. The molecule has 2 aromatic carbocycles. The van der Waals surface area contributed by atoms with Gasteiger partial charge in [-0.1, -0.05) is 30.3 Å². The van der Waals surface area contributed by atoms with E-state index in [1.165, 1.54) is 6.07 Å². The molecule has 4 rings (SSSR count). The van der Waals surface area contributed by atoms with E-state index in [9.17, 15) is 19.7 Å². The molecule has 0 aliphatic carbocycles. The number of hydrogen-bond acceptors (Lipinski definition) is 6. The molecule has 0 radical (unpaired) electrons. The molecule has 0 amide bonds. The average Bonchev–Trinajstić information content (AvgIpc) is 3.18. The van der Waals surface area contributed by atoms with Crippen molar-refractivity contribution in [1.82, 2.24) is 14.7 Å². The lowest BCUT2D eigenvalue weighted by atomic mass is 9.92. The molecule has 2 heterocycles. The second-order valence-corrected chi connectivity index (χ2v) is 7.65. The Balaban J connectivity index is 0.000000331. The van der Waals surface area contributed by atoms with E-state index >= 15 is 0 Å². The number of hydrogen-bond donors (Lipinski definition) is 2. The van der Waals surface area contributed by atoms with Gasteiger partial charge in [0.2, 0.25) is 0 Å². The van der Waals surface area contributed by atoms with Crippen LogP contribution in [0.25, 0.3) is 16.6 Å². The van der Waals surface area contributed by atoms with Crippen LogP contribution in [-0.4, -0.2) is 61.9 Å². The zero-order valence-corrected chi connectivity index (χ0v) is 18.0. The molecular formula is C23H24N4O6. The molecule has 2 N–H and O–H groups in total. The second kappa shape index (κ2) is 10.5. The van der Waals surface area contributed by atoms with Gasteiger partial charge in [-0.25, -0.2) is 14.3 Å². The SMILES string of the molecule is CN1CCC(c2nn(-c3ccccc3[N+](=O)[O-])c3ccccc23)CC1.O=C(O)/C=C/C(=O)O. The molecule has 33 heavy (non-hydrogen) atoms. The van der Waals surface area contributed by atoms with Crippen molar-refractivity contribution in [3.05, 3.63) is 76.5 Å². The lowest BCUT2D eigenvalue weighted by Crippen LogP contribution is -2.29. The third-order valence-electron chi connectivity index (χ3n) is 5.40. The largest absolute Gasteiger partial charge is 0.478 e. The van der Waals surface area contributed by atoms with Gasteiger partial charge in [0.25, 0.3) is 5.69 Å². The first-order valence-corrected chi connectivity index (χ1v) is 10.3. The van der Waals surface area contributed by atoms with Gasteiger partial charge in [0.1, 0.15) is 5.69 Å². The summed E-state index contributed by atoms with van der Waals surface area (Å²) in [5, 5.41) is 33.0. The molecule has 1 aliphatic heterocycles. The normalized spacial score (nSPS) is 14.7. The first kappa shape index (κ1) is 23.6. The van der Waals surface area contributed by atoms with Crippen LogP contribution in [-0.2, 0) is 9.59 Å². The van der Waals surface area contributed by atoms with Crippen molar-refractivity contribution in [2.45, 2.75) is 18.8 Å². The minimum absolute atomic E-state index is 0.0747. The predicted octanol–water partition coefficient (Wildman–Crippen LogP) is 3.45. The van der Waals surface area contributed by atoms with Crippen LogP contribution in [0.5, 0.6) is 0 Å². The van der Waals surface area contributed by atoms with Crippen molar-refractivity contribution in [2.24, 2.45) is 0 Å². The molecule has 3 aromatic rings. The van der Waals surface area contributed by atoms with Crippen LogP contribution in [0.15, 0.2) is 60.7 Å². The van der Waals surface area contributed by atoms with Gasteiger partial charge in [-0.15, -0.1) is 0 Å². The van der Waals surface area contributed by atoms with E-state index in [0.29, 0.717) is 23.8 Å². The molecule has 0 saturated carbocycles. The maximum atomic E-state index is 11.4. The standard InChI is InChI=1S/C19H20N4O2.C4H4O4/c1-21-12-10-14(11-13-21)19-15-6-2-3-7-16(15)22(20-19)17-8-4-5-9-18(17)23(24)25;5-3(6)1-2-4(7)8/h2-9,14H,10-13H2,1H3;1-2H,(H,5,6)(H,7,8)/b;2-1+. The van der Waals surface area contributed by atoms with Gasteiger partial charge in [0.15, 0.2) is 0 Å². The Morgan fingerprint density at radius 2 is 1.61 bits per heavy atom. The first-order chi connectivity index (χ1) is 15.8. The molecule has 10 nitrogen and oxygen atoms in total. The summed E-state index contributed by atoms with van der Waals surface area (Å²) < 4.78 is 1.74. The van der Waals surface area contributed by atoms with E-state index in [-0.39, 0.29) is 10.6 Å². The summed E-state index contributed by atoms with van der Waals surface area (Å²) in [5.74, 6) is -2.12. The summed E-state index contributed by atoms with van der Waals surface area (Å²) in [6.07, 6.45) is 3.24. The van der Waals surface area contributed by atoms with Crippen LogP contribution in [0.4, 0.5) is 5.69 Å². The summed E-state index contributed by atoms with van der Waals surface area (Å²) in [6.45, 7) is 2.11. The quantitative estimate of drug-likeness (QED) is 0.341. The van der Waals surface area contributed by atoms with E-state index in [1.54, 1.807) is 16.8 Å². The van der Waals surface area contributed by atoms with Gasteiger partial charge in [0.05, 0.1) is 16.1 Å². The molecule has 10 heteroatoms. The van der Waals surface area contributed by atoms with Gasteiger partial charge >= 0.3 is 11.9 Å². The van der Waals surface area contributed by atoms with Crippen molar-refractivity contribution < 1.29 is 24.7 Å². The molecular weight excluding hydrogens is 428 g/mol. The number of carbonyl (C=O) groups is 2. The van der Waals surface area contributed by atoms with Gasteiger partial charge in [0, 0.05) is 29.5 Å². The highest BCUT2D eigenvalue weighted by Crippen LogP contribution is 2.34. The average molecular weight is 452 g/mol. The van der Waals surface area contributed by atoms with Crippen LogP contribution in [0.2, 0.25) is 0 Å². The lowest BCUT2D eigenvalue weighted by Gasteiger charge is -2.28. The topological polar surface area (TPSA) is 139 Å². The fourth-order valence-electron chi connectivity index (χ4n) is 3.80. The number of aliphatic carboxylic acids is 2. The lowest BCUT2D eigenvalue weighted by molar-refractivity contribution is -0.384. The van der Waals surface area contributed by atoms with Crippen molar-refractivity contribution in [1.29, 1.82) is 0 Å². The zero-order chi connectivity index (χ0) is 24.0. The Hall–Kier alpha value is -4.05.